The molecule has 0 radical (unpaired) electrons. The van der Waals surface area contributed by atoms with Crippen LogP contribution in [0.3, 0.4) is 0 Å². The van der Waals surface area contributed by atoms with Gasteiger partial charge in [-0.2, -0.15) is 0 Å². The van der Waals surface area contributed by atoms with E-state index >= 15 is 0 Å². The zero-order valence-electron chi connectivity index (χ0n) is 11.5. The largest absolute Gasteiger partial charge is 0.355 e. The molecule has 6 heteroatoms. The summed E-state index contributed by atoms with van der Waals surface area (Å²) in [7, 11) is -1.64. The van der Waals surface area contributed by atoms with Gasteiger partial charge in [-0.05, 0) is 30.6 Å². The molecule has 1 saturated carbocycles. The summed E-state index contributed by atoms with van der Waals surface area (Å²) in [5.74, 6) is 1.77. The second kappa shape index (κ2) is 5.63. The fourth-order valence-corrected chi connectivity index (χ4v) is 3.38. The first-order valence-corrected chi connectivity index (χ1v) is 8.57. The number of sulfonamides is 1. The molecule has 2 rings (SSSR count). The average Bonchev–Trinajstić information content (AvgIpc) is 2.89. The lowest BCUT2D eigenvalue weighted by atomic mass is 9.90. The molecule has 108 valence electrons. The van der Waals surface area contributed by atoms with E-state index in [0.717, 1.165) is 12.7 Å². The molecule has 1 N–H and O–H groups in total. The minimum absolute atomic E-state index is 0.0350. The topological polar surface area (TPSA) is 66.5 Å². The zero-order valence-corrected chi connectivity index (χ0v) is 12.3. The average molecular weight is 286 g/mol. The van der Waals surface area contributed by atoms with Crippen molar-refractivity contribution in [2.24, 2.45) is 17.8 Å². The summed E-state index contributed by atoms with van der Waals surface area (Å²) in [5, 5.41) is 2.80. The first kappa shape index (κ1) is 14.5. The maximum Gasteiger partial charge on any atom is 0.220 e. The fraction of sp³-hybridized carbons (Fsp3) is 0.769. The van der Waals surface area contributed by atoms with Crippen LogP contribution in [0.2, 0.25) is 0 Å². The van der Waals surface area contributed by atoms with E-state index in [1.165, 1.54) is 17.8 Å². The maximum atomic E-state index is 11.8. The minimum atomic E-state index is -3.16. The van der Waals surface area contributed by atoms with Gasteiger partial charge in [0.1, 0.15) is 0 Å². The van der Waals surface area contributed by atoms with Gasteiger partial charge in [0.25, 0.3) is 0 Å². The van der Waals surface area contributed by atoms with E-state index in [-0.39, 0.29) is 5.91 Å². The number of allylic oxidation sites excluding steroid dienone is 2. The Morgan fingerprint density at radius 1 is 1.37 bits per heavy atom. The van der Waals surface area contributed by atoms with Gasteiger partial charge in [0.15, 0.2) is 0 Å². The van der Waals surface area contributed by atoms with Crippen LogP contribution in [-0.2, 0) is 14.8 Å². The van der Waals surface area contributed by atoms with Gasteiger partial charge in [-0.25, -0.2) is 12.7 Å². The van der Waals surface area contributed by atoms with Gasteiger partial charge in [0.2, 0.25) is 15.9 Å². The Kier molecular flexibility index (Phi) is 4.30. The summed E-state index contributed by atoms with van der Waals surface area (Å²) < 4.78 is 23.6. The smallest absolute Gasteiger partial charge is 0.220 e. The van der Waals surface area contributed by atoms with Gasteiger partial charge in [-0.1, -0.05) is 12.2 Å². The number of amides is 1. The van der Waals surface area contributed by atoms with E-state index in [1.54, 1.807) is 0 Å². The van der Waals surface area contributed by atoms with Gasteiger partial charge < -0.3 is 5.32 Å². The molecule has 0 heterocycles. The van der Waals surface area contributed by atoms with Crippen LogP contribution < -0.4 is 5.32 Å². The number of rotatable bonds is 6. The Bertz CT molecular complexity index is 472. The van der Waals surface area contributed by atoms with Crippen molar-refractivity contribution in [2.45, 2.75) is 19.3 Å². The molecule has 0 spiro atoms. The van der Waals surface area contributed by atoms with Crippen LogP contribution in [0.25, 0.3) is 0 Å². The molecule has 0 aromatic heterocycles. The van der Waals surface area contributed by atoms with Crippen molar-refractivity contribution in [3.05, 3.63) is 12.2 Å². The van der Waals surface area contributed by atoms with E-state index in [9.17, 15) is 13.2 Å². The van der Waals surface area contributed by atoms with Crippen molar-refractivity contribution in [1.29, 1.82) is 0 Å². The quantitative estimate of drug-likeness (QED) is 0.727. The molecule has 0 aromatic rings. The lowest BCUT2D eigenvalue weighted by Crippen LogP contribution is -2.36. The first-order chi connectivity index (χ1) is 8.86. The SMILES string of the molecule is CN(CCNC(=O)C[C@@H]1C[C@@H]2C=C[C@H]1C2)S(C)(=O)=O. The molecule has 2 aliphatic rings. The standard InChI is InChI=1S/C13H22N2O3S/c1-15(19(2,17)18)6-5-14-13(16)9-12-8-10-3-4-11(12)7-10/h3-4,10-12H,5-9H2,1-2H3,(H,14,16)/t10-,11+,12+/m1/s1. The van der Waals surface area contributed by atoms with Crippen molar-refractivity contribution >= 4 is 15.9 Å². The number of likely N-dealkylation sites (N-methyl/N-ethyl adjacent to an activating group) is 1. The Hall–Kier alpha value is -0.880. The van der Waals surface area contributed by atoms with Gasteiger partial charge in [0.05, 0.1) is 6.26 Å². The predicted octanol–water partition coefficient (Wildman–Crippen LogP) is 0.596. The first-order valence-electron chi connectivity index (χ1n) is 6.72. The summed E-state index contributed by atoms with van der Waals surface area (Å²) in [6.45, 7) is 0.695. The van der Waals surface area contributed by atoms with Crippen molar-refractivity contribution in [3.8, 4) is 0 Å². The van der Waals surface area contributed by atoms with Crippen molar-refractivity contribution < 1.29 is 13.2 Å². The highest BCUT2D eigenvalue weighted by atomic mass is 32.2. The highest BCUT2D eigenvalue weighted by Gasteiger charge is 2.36. The van der Waals surface area contributed by atoms with E-state index in [4.69, 9.17) is 0 Å². The summed E-state index contributed by atoms with van der Waals surface area (Å²) in [6, 6.07) is 0. The number of carbonyl (C=O) groups is 1. The van der Waals surface area contributed by atoms with Crippen LogP contribution in [0.1, 0.15) is 19.3 Å². The molecular formula is C13H22N2O3S. The number of nitrogens with one attached hydrogen (secondary N) is 1. The van der Waals surface area contributed by atoms with Crippen LogP contribution in [0.4, 0.5) is 0 Å². The number of hydrogen-bond acceptors (Lipinski definition) is 3. The number of nitrogens with zero attached hydrogens (tertiary/aromatic N) is 1. The molecule has 5 nitrogen and oxygen atoms in total. The van der Waals surface area contributed by atoms with Crippen LogP contribution in [-0.4, -0.2) is 45.0 Å². The molecule has 0 unspecified atom stereocenters. The monoisotopic (exact) mass is 286 g/mol. The van der Waals surface area contributed by atoms with Gasteiger partial charge in [-0.3, -0.25) is 4.79 Å². The van der Waals surface area contributed by atoms with Crippen molar-refractivity contribution in [2.75, 3.05) is 26.4 Å². The van der Waals surface area contributed by atoms with E-state index in [2.05, 4.69) is 17.5 Å². The molecular weight excluding hydrogens is 264 g/mol. The summed E-state index contributed by atoms with van der Waals surface area (Å²) in [5.41, 5.74) is 0. The Balaban J connectivity index is 1.67. The second-order valence-electron chi connectivity index (χ2n) is 5.68. The number of fused-ring (bicyclic) bond motifs is 2. The third kappa shape index (κ3) is 3.79. The lowest BCUT2D eigenvalue weighted by Gasteiger charge is -2.18. The Labute approximate surface area is 115 Å². The molecule has 0 saturated heterocycles. The Morgan fingerprint density at radius 2 is 2.11 bits per heavy atom. The maximum absolute atomic E-state index is 11.8. The third-order valence-corrected chi connectivity index (χ3v) is 5.49. The third-order valence-electron chi connectivity index (χ3n) is 4.18. The second-order valence-corrected chi connectivity index (χ2v) is 7.77. The predicted molar refractivity (Wildman–Crippen MR) is 73.9 cm³/mol. The molecule has 1 amide bonds. The normalized spacial score (nSPS) is 29.1. The van der Waals surface area contributed by atoms with Crippen LogP contribution in [0, 0.1) is 17.8 Å². The molecule has 0 aromatic carbocycles. The van der Waals surface area contributed by atoms with Crippen molar-refractivity contribution in [3.63, 3.8) is 0 Å². The summed E-state index contributed by atoms with van der Waals surface area (Å²) in [6.07, 6.45) is 8.56. The summed E-state index contributed by atoms with van der Waals surface area (Å²) in [4.78, 5) is 11.8. The highest BCUT2D eigenvalue weighted by molar-refractivity contribution is 7.88. The van der Waals surface area contributed by atoms with E-state index < -0.39 is 10.0 Å². The van der Waals surface area contributed by atoms with Crippen LogP contribution >= 0.6 is 0 Å². The number of hydrogen-bond donors (Lipinski definition) is 1. The molecule has 2 bridgehead atoms. The molecule has 3 atom stereocenters. The summed E-state index contributed by atoms with van der Waals surface area (Å²) >= 11 is 0. The van der Waals surface area contributed by atoms with E-state index in [0.29, 0.717) is 37.3 Å². The lowest BCUT2D eigenvalue weighted by molar-refractivity contribution is -0.122. The fourth-order valence-electron chi connectivity index (χ4n) is 2.96. The number of carbonyl (C=O) groups excluding carboxylic acids is 1. The molecule has 0 aliphatic heterocycles. The minimum Gasteiger partial charge on any atom is -0.355 e. The van der Waals surface area contributed by atoms with E-state index in [1.807, 2.05) is 0 Å². The van der Waals surface area contributed by atoms with Gasteiger partial charge in [-0.15, -0.1) is 0 Å². The van der Waals surface area contributed by atoms with Crippen LogP contribution in [0.5, 0.6) is 0 Å². The Morgan fingerprint density at radius 3 is 2.63 bits per heavy atom. The molecule has 2 aliphatic carbocycles. The molecule has 19 heavy (non-hydrogen) atoms. The van der Waals surface area contributed by atoms with Crippen molar-refractivity contribution in [1.82, 2.24) is 9.62 Å². The van der Waals surface area contributed by atoms with Gasteiger partial charge >= 0.3 is 0 Å². The van der Waals surface area contributed by atoms with Gasteiger partial charge in [0, 0.05) is 26.6 Å². The highest BCUT2D eigenvalue weighted by Crippen LogP contribution is 2.44. The zero-order chi connectivity index (χ0) is 14.0. The van der Waals surface area contributed by atoms with Crippen LogP contribution in [0.15, 0.2) is 12.2 Å². The molecule has 1 fully saturated rings.